The van der Waals surface area contributed by atoms with Crippen LogP contribution in [0.2, 0.25) is 0 Å². The molecule has 1 amide bonds. The number of amides is 1. The first-order chi connectivity index (χ1) is 15.7. The zero-order valence-electron chi connectivity index (χ0n) is 18.2. The van der Waals surface area contributed by atoms with Gasteiger partial charge in [0.15, 0.2) is 12.6 Å². The predicted octanol–water partition coefficient (Wildman–Crippen LogP) is -3.25. The molecule has 2 saturated heterocycles. The van der Waals surface area contributed by atoms with Crippen molar-refractivity contribution < 1.29 is 67.4 Å². The van der Waals surface area contributed by atoms with Crippen molar-refractivity contribution in [2.45, 2.75) is 69.1 Å². The van der Waals surface area contributed by atoms with E-state index in [1.54, 1.807) is 6.92 Å². The van der Waals surface area contributed by atoms with Gasteiger partial charge in [0.1, 0.15) is 37.1 Å². The van der Waals surface area contributed by atoms with Gasteiger partial charge >= 0.3 is 0 Å². The van der Waals surface area contributed by atoms with Crippen molar-refractivity contribution in [1.29, 1.82) is 0 Å². The van der Waals surface area contributed by atoms with Gasteiger partial charge in [-0.15, -0.1) is 4.33 Å². The fourth-order valence-corrected chi connectivity index (χ4v) is 3.81. The van der Waals surface area contributed by atoms with E-state index in [2.05, 4.69) is 14.7 Å². The van der Waals surface area contributed by atoms with Crippen LogP contribution in [0.4, 0.5) is 0 Å². The van der Waals surface area contributed by atoms with Crippen LogP contribution in [0.25, 0.3) is 0 Å². The van der Waals surface area contributed by atoms with Crippen LogP contribution in [-0.4, -0.2) is 103 Å². The minimum absolute atomic E-state index is 0.266. The van der Waals surface area contributed by atoms with Crippen molar-refractivity contribution in [2.24, 2.45) is 5.92 Å². The number of hydrogen-bond donors (Lipinski definition) is 3. The molecule has 2 fully saturated rings. The lowest BCUT2D eigenvalue weighted by molar-refractivity contribution is -0.471. The summed E-state index contributed by atoms with van der Waals surface area (Å²) in [6, 6.07) is -0.942. The van der Waals surface area contributed by atoms with Crippen LogP contribution in [0.3, 0.4) is 0 Å². The molecular weight excluding hydrogens is 474 g/mol. The van der Waals surface area contributed by atoms with Gasteiger partial charge in [0, 0.05) is 27.1 Å². The van der Waals surface area contributed by atoms with Crippen molar-refractivity contribution in [3.63, 3.8) is 0 Å². The monoisotopic (exact) mass is 501 g/mol. The van der Waals surface area contributed by atoms with E-state index in [1.807, 2.05) is 0 Å². The third-order valence-corrected chi connectivity index (χ3v) is 5.45. The highest BCUT2D eigenvalue weighted by atomic mass is 32.2. The molecule has 33 heavy (non-hydrogen) atoms. The van der Waals surface area contributed by atoms with Crippen molar-refractivity contribution >= 4 is 24.2 Å². The number of nitrogens with one attached hydrogen (secondary N) is 1. The number of ether oxygens (including phenoxy) is 5. The number of carbonyl (C=O) groups is 2. The molecule has 2 rings (SSSR count). The Kier molecular flexibility index (Phi) is 11.1. The van der Waals surface area contributed by atoms with E-state index in [0.717, 1.165) is 7.11 Å². The smallest absolute Gasteiger partial charge is 0.217 e. The van der Waals surface area contributed by atoms with Crippen molar-refractivity contribution in [3.8, 4) is 0 Å². The molecule has 4 unspecified atom stereocenters. The predicted molar refractivity (Wildman–Crippen MR) is 100 cm³/mol. The summed E-state index contributed by atoms with van der Waals surface area (Å²) < 4.78 is 41.4. The van der Waals surface area contributed by atoms with E-state index in [9.17, 15) is 29.5 Å². The first-order valence-corrected chi connectivity index (χ1v) is 10.4. The average molecular weight is 501 g/mol. The average Bonchev–Trinajstić information content (AvgIpc) is 2.77. The van der Waals surface area contributed by atoms with E-state index < -0.39 is 73.0 Å². The molecule has 16 heteroatoms. The number of aliphatic hydroxyl groups excluding tert-OH is 2. The summed E-state index contributed by atoms with van der Waals surface area (Å²) in [5, 5.41) is 39.1. The highest BCUT2D eigenvalue weighted by Gasteiger charge is 2.51. The lowest BCUT2D eigenvalue weighted by Crippen LogP contribution is -2.67. The van der Waals surface area contributed by atoms with Crippen LogP contribution in [0.15, 0.2) is 0 Å². The van der Waals surface area contributed by atoms with Gasteiger partial charge in [-0.25, -0.2) is 4.89 Å². The van der Waals surface area contributed by atoms with Crippen LogP contribution in [-0.2, 0) is 47.5 Å². The van der Waals surface area contributed by atoms with E-state index in [0.29, 0.717) is 0 Å². The minimum atomic E-state index is -1.75. The van der Waals surface area contributed by atoms with E-state index >= 15 is 0 Å². The van der Waals surface area contributed by atoms with Crippen molar-refractivity contribution in [1.82, 2.24) is 5.32 Å². The first-order valence-electron chi connectivity index (χ1n) is 9.77. The fraction of sp³-hybridized carbons (Fsp3) is 0.882. The minimum Gasteiger partial charge on any atom is -0.774 e. The summed E-state index contributed by atoms with van der Waals surface area (Å²) in [7, 11) is 2.45. The van der Waals surface area contributed by atoms with Crippen LogP contribution in [0.1, 0.15) is 13.8 Å². The second kappa shape index (κ2) is 13.1. The molecule has 0 aromatic heterocycles. The molecule has 2 aliphatic rings. The Bertz CT molecular complexity index is 643. The molecule has 2 heterocycles. The Balaban J connectivity index is 2.26. The lowest BCUT2D eigenvalue weighted by atomic mass is 9.88. The van der Waals surface area contributed by atoms with Crippen LogP contribution in [0.5, 0.6) is 0 Å². The summed E-state index contributed by atoms with van der Waals surface area (Å²) in [6.07, 6.45) is -11.1. The fourth-order valence-electron chi connectivity index (χ4n) is 3.74. The van der Waals surface area contributed by atoms with Crippen LogP contribution >= 0.6 is 12.3 Å². The zero-order chi connectivity index (χ0) is 24.7. The Morgan fingerprint density at radius 2 is 1.79 bits per heavy atom. The topological polar surface area (TPSA) is 207 Å². The molecule has 0 aromatic rings. The Hall–Kier alpha value is -1.15. The largest absolute Gasteiger partial charge is 0.774 e. The number of hydrogen-bond acceptors (Lipinski definition) is 15. The molecule has 2 aliphatic heterocycles. The van der Waals surface area contributed by atoms with Gasteiger partial charge in [-0.2, -0.15) is 0 Å². The highest BCUT2D eigenvalue weighted by Crippen LogP contribution is 2.33. The number of aliphatic hydroxyl groups is 2. The molecule has 0 aromatic carbocycles. The normalized spacial score (nSPS) is 39.2. The molecular formula is C17H27NO14S-2. The second-order valence-electron chi connectivity index (χ2n) is 7.38. The first kappa shape index (κ1) is 28.1. The molecule has 0 bridgehead atoms. The van der Waals surface area contributed by atoms with Crippen LogP contribution in [0, 0.1) is 5.92 Å². The summed E-state index contributed by atoms with van der Waals surface area (Å²) in [5.74, 6) is -2.76. The third-order valence-electron chi connectivity index (χ3n) is 5.34. The maximum atomic E-state index is 11.8. The SMILES string of the molecule is CO[C@@H]1OC(COOOS[O-])[C@H](C)[C@H](O[C@@H]2OC(C(=O)[O-])[C@H](OC)[C@H](O)C2O)C1NC(C)=O. The number of carboxylic acid groups (broad SMARTS) is 1. The summed E-state index contributed by atoms with van der Waals surface area (Å²) in [6.45, 7) is 2.63. The Labute approximate surface area is 193 Å². The Morgan fingerprint density at radius 1 is 1.09 bits per heavy atom. The number of carbonyl (C=O) groups excluding carboxylic acids is 2. The molecule has 10 atom stereocenters. The third kappa shape index (κ3) is 6.93. The van der Waals surface area contributed by atoms with Gasteiger partial charge in [0.25, 0.3) is 0 Å². The quantitative estimate of drug-likeness (QED) is 0.110. The number of carboxylic acids is 1. The number of rotatable bonds is 11. The van der Waals surface area contributed by atoms with Crippen molar-refractivity contribution in [3.05, 3.63) is 0 Å². The second-order valence-corrected chi connectivity index (χ2v) is 7.65. The highest BCUT2D eigenvalue weighted by molar-refractivity contribution is 7.88. The molecule has 3 N–H and O–H groups in total. The standard InChI is InChI=1S/C17H29NO14S/c1-6-8(5-27-31-32-33-24)28-16(26-4)9(18-7(2)19)12(6)29-17-11(21)10(20)13(25-3)14(30-17)15(22)23/h6,8-14,16-17,20-21,24H,5H2,1-4H3,(H,18,19)(H,22,23)/p-2/t6-,8?,9?,10+,11?,12-,13+,14?,16+,17+/m0/s1. The number of methoxy groups -OCH3 is 2. The summed E-state index contributed by atoms with van der Waals surface area (Å²) in [4.78, 5) is 28.0. The van der Waals surface area contributed by atoms with Gasteiger partial charge in [-0.05, 0) is 0 Å². The maximum Gasteiger partial charge on any atom is 0.217 e. The summed E-state index contributed by atoms with van der Waals surface area (Å²) >= 11 is -0.336. The Morgan fingerprint density at radius 3 is 2.33 bits per heavy atom. The van der Waals surface area contributed by atoms with Gasteiger partial charge < -0.3 is 53.7 Å². The molecule has 0 aliphatic carbocycles. The molecule has 192 valence electrons. The number of aliphatic carboxylic acids is 1. The van der Waals surface area contributed by atoms with Gasteiger partial charge in [0.05, 0.1) is 18.2 Å². The maximum absolute atomic E-state index is 11.8. The van der Waals surface area contributed by atoms with E-state index in [-0.39, 0.29) is 18.9 Å². The van der Waals surface area contributed by atoms with Crippen LogP contribution < -0.4 is 10.4 Å². The zero-order valence-corrected chi connectivity index (χ0v) is 19.0. The molecule has 15 nitrogen and oxygen atoms in total. The van der Waals surface area contributed by atoms with E-state index in [4.69, 9.17) is 28.6 Å². The van der Waals surface area contributed by atoms with E-state index in [1.165, 1.54) is 14.0 Å². The molecule has 0 spiro atoms. The molecule has 0 radical (unpaired) electrons. The molecule has 0 saturated carbocycles. The lowest BCUT2D eigenvalue weighted by Gasteiger charge is -2.48. The van der Waals surface area contributed by atoms with Gasteiger partial charge in [-0.1, -0.05) is 24.3 Å². The van der Waals surface area contributed by atoms with Gasteiger partial charge in [-0.3, -0.25) is 4.79 Å². The summed E-state index contributed by atoms with van der Waals surface area (Å²) in [5.41, 5.74) is 0. The van der Waals surface area contributed by atoms with Crippen molar-refractivity contribution in [2.75, 3.05) is 20.8 Å². The van der Waals surface area contributed by atoms with Gasteiger partial charge in [0.2, 0.25) is 5.91 Å².